The number of Topliss-reactive ketones (excluding diaryl/α,β-unsaturated/α-hetero) is 1. The molecule has 0 aliphatic carbocycles. The second-order valence-corrected chi connectivity index (χ2v) is 10.5. The van der Waals surface area contributed by atoms with Crippen LogP contribution in [0, 0.1) is 6.92 Å². The van der Waals surface area contributed by atoms with E-state index in [1.165, 1.54) is 47.6 Å². The fourth-order valence-corrected chi connectivity index (χ4v) is 5.65. The van der Waals surface area contributed by atoms with Crippen LogP contribution in [0.5, 0.6) is 5.75 Å². The van der Waals surface area contributed by atoms with Crippen LogP contribution in [0.3, 0.4) is 0 Å². The predicted molar refractivity (Wildman–Crippen MR) is 108 cm³/mol. The molecule has 0 saturated carbocycles. The van der Waals surface area contributed by atoms with E-state index in [-0.39, 0.29) is 26.9 Å². The van der Waals surface area contributed by atoms with E-state index in [1.807, 2.05) is 0 Å². The van der Waals surface area contributed by atoms with Crippen molar-refractivity contribution in [1.82, 2.24) is 4.31 Å². The lowest BCUT2D eigenvalue weighted by Gasteiger charge is -2.25. The van der Waals surface area contributed by atoms with Crippen molar-refractivity contribution in [2.24, 2.45) is 0 Å². The molecule has 0 N–H and O–H groups in total. The number of ketones is 1. The summed E-state index contributed by atoms with van der Waals surface area (Å²) in [4.78, 5) is 11.6. The summed E-state index contributed by atoms with van der Waals surface area (Å²) in [7, 11) is -7.89. The van der Waals surface area contributed by atoms with Crippen molar-refractivity contribution >= 4 is 25.9 Å². The van der Waals surface area contributed by atoms with Crippen LogP contribution in [0.4, 0.5) is 0 Å². The van der Waals surface area contributed by atoms with E-state index < -0.39 is 20.1 Å². The zero-order chi connectivity index (χ0) is 21.2. The molecule has 0 radical (unpaired) electrons. The minimum absolute atomic E-state index is 0.0401. The lowest BCUT2D eigenvalue weighted by Crippen LogP contribution is -2.35. The molecule has 29 heavy (non-hydrogen) atoms. The van der Waals surface area contributed by atoms with Gasteiger partial charge in [-0.25, -0.2) is 8.42 Å². The highest BCUT2D eigenvalue weighted by Crippen LogP contribution is 2.26. The Bertz CT molecular complexity index is 1120. The van der Waals surface area contributed by atoms with Gasteiger partial charge in [-0.3, -0.25) is 4.79 Å². The summed E-state index contributed by atoms with van der Waals surface area (Å²) < 4.78 is 57.3. The second-order valence-electron chi connectivity index (χ2n) is 7.03. The summed E-state index contributed by atoms with van der Waals surface area (Å²) in [5.74, 6) is -0.374. The Morgan fingerprint density at radius 2 is 1.48 bits per heavy atom. The average Bonchev–Trinajstić information content (AvgIpc) is 2.68. The van der Waals surface area contributed by atoms with E-state index in [0.29, 0.717) is 13.1 Å². The number of piperidine rings is 1. The molecule has 1 aliphatic heterocycles. The van der Waals surface area contributed by atoms with Crippen LogP contribution < -0.4 is 4.18 Å². The smallest absolute Gasteiger partial charge is 0.339 e. The molecule has 156 valence electrons. The molecule has 1 heterocycles. The summed E-state index contributed by atoms with van der Waals surface area (Å²) in [5.41, 5.74) is 0.895. The van der Waals surface area contributed by atoms with E-state index >= 15 is 0 Å². The zero-order valence-electron chi connectivity index (χ0n) is 16.3. The summed E-state index contributed by atoms with van der Waals surface area (Å²) >= 11 is 0. The molecule has 7 nitrogen and oxygen atoms in total. The lowest BCUT2D eigenvalue weighted by atomic mass is 10.1. The molecule has 1 fully saturated rings. The SMILES string of the molecule is CC(=O)c1ccc(C)cc1OS(=O)(=O)c1ccc(S(=O)(=O)N2CCCCC2)cc1. The number of carbonyl (C=O) groups excluding carboxylic acids is 1. The molecule has 0 atom stereocenters. The zero-order valence-corrected chi connectivity index (χ0v) is 17.9. The van der Waals surface area contributed by atoms with E-state index in [9.17, 15) is 21.6 Å². The molecule has 0 amide bonds. The molecule has 0 unspecified atom stereocenters. The maximum Gasteiger partial charge on any atom is 0.339 e. The Labute approximate surface area is 171 Å². The third-order valence-electron chi connectivity index (χ3n) is 4.78. The lowest BCUT2D eigenvalue weighted by molar-refractivity contribution is 0.101. The minimum atomic E-state index is -4.23. The molecule has 2 aromatic carbocycles. The Kier molecular flexibility index (Phi) is 6.11. The first-order valence-corrected chi connectivity index (χ1v) is 12.1. The van der Waals surface area contributed by atoms with Gasteiger partial charge in [0, 0.05) is 13.1 Å². The maximum absolute atomic E-state index is 12.7. The molecule has 9 heteroatoms. The molecule has 0 spiro atoms. The van der Waals surface area contributed by atoms with E-state index in [4.69, 9.17) is 4.18 Å². The van der Waals surface area contributed by atoms with Gasteiger partial charge in [0.15, 0.2) is 11.5 Å². The van der Waals surface area contributed by atoms with Crippen LogP contribution in [0.2, 0.25) is 0 Å². The molecule has 0 bridgehead atoms. The highest BCUT2D eigenvalue weighted by atomic mass is 32.2. The number of nitrogens with zero attached hydrogens (tertiary/aromatic N) is 1. The van der Waals surface area contributed by atoms with E-state index in [2.05, 4.69) is 0 Å². The number of hydrogen-bond acceptors (Lipinski definition) is 6. The van der Waals surface area contributed by atoms with Gasteiger partial charge in [-0.15, -0.1) is 0 Å². The molecule has 3 rings (SSSR count). The Hall–Kier alpha value is -2.23. The topological polar surface area (TPSA) is 97.8 Å². The maximum atomic E-state index is 12.7. The first-order valence-electron chi connectivity index (χ1n) is 9.27. The quantitative estimate of drug-likeness (QED) is 0.509. The molecule has 2 aromatic rings. The number of benzene rings is 2. The van der Waals surface area contributed by atoms with Crippen molar-refractivity contribution in [3.8, 4) is 5.75 Å². The molecule has 1 saturated heterocycles. The number of aryl methyl sites for hydroxylation is 1. The number of rotatable bonds is 6. The average molecular weight is 438 g/mol. The van der Waals surface area contributed by atoms with Gasteiger partial charge in [-0.05, 0) is 68.7 Å². The van der Waals surface area contributed by atoms with Gasteiger partial charge >= 0.3 is 10.1 Å². The van der Waals surface area contributed by atoms with Gasteiger partial charge < -0.3 is 4.18 Å². The summed E-state index contributed by atoms with van der Waals surface area (Å²) in [6.07, 6.45) is 2.63. The van der Waals surface area contributed by atoms with Crippen molar-refractivity contribution in [1.29, 1.82) is 0 Å². The van der Waals surface area contributed by atoms with Crippen LogP contribution in [0.1, 0.15) is 42.1 Å². The van der Waals surface area contributed by atoms with Gasteiger partial charge in [-0.2, -0.15) is 12.7 Å². The van der Waals surface area contributed by atoms with Crippen LogP contribution in [-0.4, -0.2) is 40.0 Å². The summed E-state index contributed by atoms with van der Waals surface area (Å²) in [5, 5.41) is 0. The fraction of sp³-hybridized carbons (Fsp3) is 0.350. The van der Waals surface area contributed by atoms with Crippen molar-refractivity contribution in [3.05, 3.63) is 53.6 Å². The third-order valence-corrected chi connectivity index (χ3v) is 7.94. The standard InChI is InChI=1S/C20H23NO6S2/c1-15-6-11-19(16(2)22)20(14-15)27-29(25,26)18-9-7-17(8-10-18)28(23,24)21-12-4-3-5-13-21/h6-11,14H,3-5,12-13H2,1-2H3. The van der Waals surface area contributed by atoms with E-state index in [1.54, 1.807) is 13.0 Å². The number of carbonyl (C=O) groups is 1. The minimum Gasteiger partial charge on any atom is -0.378 e. The Morgan fingerprint density at radius 1 is 0.897 bits per heavy atom. The number of sulfonamides is 1. The first kappa shape index (κ1) is 21.5. The predicted octanol–water partition coefficient (Wildman–Crippen LogP) is 3.14. The second kappa shape index (κ2) is 8.25. The highest BCUT2D eigenvalue weighted by molar-refractivity contribution is 7.89. The normalized spacial score (nSPS) is 15.8. The first-order chi connectivity index (χ1) is 13.6. The van der Waals surface area contributed by atoms with Gasteiger partial charge in [-0.1, -0.05) is 12.5 Å². The van der Waals surface area contributed by atoms with Crippen LogP contribution in [0.25, 0.3) is 0 Å². The summed E-state index contributed by atoms with van der Waals surface area (Å²) in [6.45, 7) is 4.01. The fourth-order valence-electron chi connectivity index (χ4n) is 3.19. The van der Waals surface area contributed by atoms with Gasteiger partial charge in [0.2, 0.25) is 10.0 Å². The van der Waals surface area contributed by atoms with Crippen LogP contribution in [-0.2, 0) is 20.1 Å². The number of hydrogen-bond donors (Lipinski definition) is 0. The Balaban J connectivity index is 1.88. The highest BCUT2D eigenvalue weighted by Gasteiger charge is 2.27. The summed E-state index contributed by atoms with van der Waals surface area (Å²) in [6, 6.07) is 9.62. The van der Waals surface area contributed by atoms with Crippen molar-refractivity contribution in [2.75, 3.05) is 13.1 Å². The van der Waals surface area contributed by atoms with Gasteiger partial charge in [0.1, 0.15) is 4.90 Å². The van der Waals surface area contributed by atoms with Gasteiger partial charge in [0.05, 0.1) is 10.5 Å². The van der Waals surface area contributed by atoms with E-state index in [0.717, 1.165) is 24.8 Å². The van der Waals surface area contributed by atoms with Crippen LogP contribution in [0.15, 0.2) is 52.3 Å². The van der Waals surface area contributed by atoms with Gasteiger partial charge in [0.25, 0.3) is 0 Å². The monoisotopic (exact) mass is 437 g/mol. The molecule has 1 aliphatic rings. The Morgan fingerprint density at radius 3 is 2.07 bits per heavy atom. The van der Waals surface area contributed by atoms with Crippen molar-refractivity contribution in [3.63, 3.8) is 0 Å². The van der Waals surface area contributed by atoms with Crippen molar-refractivity contribution in [2.45, 2.75) is 42.9 Å². The van der Waals surface area contributed by atoms with Crippen LogP contribution >= 0.6 is 0 Å². The largest absolute Gasteiger partial charge is 0.378 e. The third kappa shape index (κ3) is 4.68. The molecule has 0 aromatic heterocycles. The van der Waals surface area contributed by atoms with Crippen molar-refractivity contribution < 1.29 is 25.8 Å². The molecular formula is C20H23NO6S2. The molecular weight excluding hydrogens is 414 g/mol.